The molecule has 0 saturated heterocycles. The molecule has 0 aliphatic carbocycles. The van der Waals surface area contributed by atoms with Crippen molar-refractivity contribution in [1.29, 1.82) is 0 Å². The molecule has 0 spiro atoms. The van der Waals surface area contributed by atoms with E-state index in [1.54, 1.807) is 65.8 Å². The van der Waals surface area contributed by atoms with Crippen LogP contribution >= 0.6 is 0 Å². The van der Waals surface area contributed by atoms with Crippen LogP contribution in [0.5, 0.6) is 0 Å². The number of carbonyl (C=O) groups is 4. The van der Waals surface area contributed by atoms with Crippen molar-refractivity contribution in [1.82, 2.24) is 21.3 Å². The summed E-state index contributed by atoms with van der Waals surface area (Å²) < 4.78 is 10.5. The highest BCUT2D eigenvalue weighted by molar-refractivity contribution is 5.98. The van der Waals surface area contributed by atoms with E-state index in [0.717, 1.165) is 21.9 Å². The number of amides is 4. The Morgan fingerprint density at radius 2 is 1.29 bits per heavy atom. The lowest BCUT2D eigenvalue weighted by Gasteiger charge is -2.22. The summed E-state index contributed by atoms with van der Waals surface area (Å²) in [6, 6.07) is 19.2. The molecule has 10 nitrogen and oxygen atoms in total. The summed E-state index contributed by atoms with van der Waals surface area (Å²) in [5.41, 5.74) is 0.650. The predicted octanol–water partition coefficient (Wildman–Crippen LogP) is 4.80. The Kier molecular flexibility index (Phi) is 10.5. The van der Waals surface area contributed by atoms with Gasteiger partial charge >= 0.3 is 12.2 Å². The highest BCUT2D eigenvalue weighted by Crippen LogP contribution is 2.18. The average molecular weight is 577 g/mol. The van der Waals surface area contributed by atoms with Gasteiger partial charge in [-0.25, -0.2) is 9.59 Å². The van der Waals surface area contributed by atoms with E-state index in [4.69, 9.17) is 9.47 Å². The molecule has 0 unspecified atom stereocenters. The van der Waals surface area contributed by atoms with E-state index < -0.39 is 41.2 Å². The van der Waals surface area contributed by atoms with Gasteiger partial charge in [0.2, 0.25) is 5.91 Å². The van der Waals surface area contributed by atoms with Crippen LogP contribution < -0.4 is 21.3 Å². The lowest BCUT2D eigenvalue weighted by Crippen LogP contribution is -2.53. The van der Waals surface area contributed by atoms with Crippen molar-refractivity contribution in [2.75, 3.05) is 6.54 Å². The number of ether oxygens (including phenoxy) is 2. The molecule has 0 aliphatic heterocycles. The first-order valence-electron chi connectivity index (χ1n) is 13.8. The van der Waals surface area contributed by atoms with Crippen LogP contribution in [0.1, 0.15) is 63.0 Å². The molecule has 3 aromatic rings. The second kappa shape index (κ2) is 13.8. The smallest absolute Gasteiger partial charge is 0.407 e. The maximum absolute atomic E-state index is 13.2. The van der Waals surface area contributed by atoms with Gasteiger partial charge in [0.15, 0.2) is 0 Å². The topological polar surface area (TPSA) is 135 Å². The monoisotopic (exact) mass is 576 g/mol. The number of alkyl carbamates (subject to hydrolysis) is 2. The predicted molar refractivity (Wildman–Crippen MR) is 161 cm³/mol. The molecule has 0 saturated carbocycles. The molecule has 1 atom stereocenters. The zero-order chi connectivity index (χ0) is 30.9. The second-order valence-electron chi connectivity index (χ2n) is 11.8. The quantitative estimate of drug-likeness (QED) is 0.289. The van der Waals surface area contributed by atoms with Gasteiger partial charge in [0.1, 0.15) is 17.2 Å². The maximum atomic E-state index is 13.2. The molecular weight excluding hydrogens is 536 g/mol. The van der Waals surface area contributed by atoms with Crippen LogP contribution in [-0.2, 0) is 27.4 Å². The largest absolute Gasteiger partial charge is 0.444 e. The molecule has 4 N–H and O–H groups in total. The van der Waals surface area contributed by atoms with Crippen LogP contribution in [0.2, 0.25) is 0 Å². The first-order chi connectivity index (χ1) is 19.7. The van der Waals surface area contributed by atoms with Crippen molar-refractivity contribution >= 4 is 34.8 Å². The second-order valence-corrected chi connectivity index (χ2v) is 11.8. The standard InChI is InChI=1S/C32H40N4O6/c1-31(2,3)41-29(39)34-18-21-14-16-23(17-15-21)27(37)36-26(20-35-30(40)42-32(4,5)6)28(38)33-19-24-12-9-11-22-10-7-8-13-25(22)24/h7-17,26H,18-20H2,1-6H3,(H,33,38)(H,34,39)(H,35,40)(H,36,37)/t26-/m0/s1. The van der Waals surface area contributed by atoms with Crippen LogP contribution in [0.4, 0.5) is 9.59 Å². The van der Waals surface area contributed by atoms with Gasteiger partial charge in [0.25, 0.3) is 5.91 Å². The minimum Gasteiger partial charge on any atom is -0.444 e. The van der Waals surface area contributed by atoms with E-state index in [0.29, 0.717) is 5.56 Å². The summed E-state index contributed by atoms with van der Waals surface area (Å²) in [5.74, 6) is -0.969. The first kappa shape index (κ1) is 31.9. The molecule has 3 rings (SSSR count). The Labute approximate surface area is 246 Å². The Morgan fingerprint density at radius 1 is 0.690 bits per heavy atom. The van der Waals surface area contributed by atoms with Crippen LogP contribution in [0, 0.1) is 0 Å². The number of nitrogens with one attached hydrogen (secondary N) is 4. The molecule has 224 valence electrons. The molecule has 3 aromatic carbocycles. The van der Waals surface area contributed by atoms with Crippen molar-refractivity contribution in [3.8, 4) is 0 Å². The number of fused-ring (bicyclic) bond motifs is 1. The van der Waals surface area contributed by atoms with Gasteiger partial charge in [-0.3, -0.25) is 9.59 Å². The Balaban J connectivity index is 1.66. The zero-order valence-corrected chi connectivity index (χ0v) is 25.0. The molecule has 0 aliphatic rings. The SMILES string of the molecule is CC(C)(C)OC(=O)NCc1ccc(C(=O)N[C@@H](CNC(=O)OC(C)(C)C)C(=O)NCc2cccc3ccccc23)cc1. The average Bonchev–Trinajstić information content (AvgIpc) is 2.91. The molecule has 42 heavy (non-hydrogen) atoms. The fourth-order valence-electron chi connectivity index (χ4n) is 3.96. The summed E-state index contributed by atoms with van der Waals surface area (Å²) in [6.45, 7) is 10.8. The van der Waals surface area contributed by atoms with Crippen molar-refractivity contribution in [3.05, 3.63) is 83.4 Å². The van der Waals surface area contributed by atoms with Crippen LogP contribution in [0.15, 0.2) is 66.7 Å². The van der Waals surface area contributed by atoms with Crippen LogP contribution in [0.25, 0.3) is 10.8 Å². The molecular formula is C32H40N4O6. The van der Waals surface area contributed by atoms with Crippen LogP contribution in [0.3, 0.4) is 0 Å². The summed E-state index contributed by atoms with van der Waals surface area (Å²) in [7, 11) is 0. The van der Waals surface area contributed by atoms with Gasteiger partial charge < -0.3 is 30.7 Å². The highest BCUT2D eigenvalue weighted by Gasteiger charge is 2.24. The molecule has 4 amide bonds. The molecule has 0 heterocycles. The normalized spacial score (nSPS) is 12.1. The van der Waals surface area contributed by atoms with Gasteiger partial charge in [0.05, 0.1) is 6.54 Å². The van der Waals surface area contributed by atoms with Crippen molar-refractivity contribution in [2.45, 2.75) is 71.9 Å². The van der Waals surface area contributed by atoms with Gasteiger partial charge in [-0.2, -0.15) is 0 Å². The lowest BCUT2D eigenvalue weighted by atomic mass is 10.0. The van der Waals surface area contributed by atoms with Crippen molar-refractivity contribution in [2.24, 2.45) is 0 Å². The Hall–Kier alpha value is -4.60. The maximum Gasteiger partial charge on any atom is 0.407 e. The molecule has 0 aromatic heterocycles. The number of carbonyl (C=O) groups excluding carboxylic acids is 4. The minimum atomic E-state index is -1.08. The first-order valence-corrected chi connectivity index (χ1v) is 13.8. The summed E-state index contributed by atoms with van der Waals surface area (Å²) in [5, 5.41) is 12.9. The van der Waals surface area contributed by atoms with Crippen LogP contribution in [-0.4, -0.2) is 47.8 Å². The highest BCUT2D eigenvalue weighted by atomic mass is 16.6. The molecule has 10 heteroatoms. The van der Waals surface area contributed by atoms with E-state index in [1.807, 2.05) is 42.5 Å². The fraction of sp³-hybridized carbons (Fsp3) is 0.375. The van der Waals surface area contributed by atoms with Crippen molar-refractivity contribution < 1.29 is 28.7 Å². The lowest BCUT2D eigenvalue weighted by molar-refractivity contribution is -0.123. The molecule has 0 radical (unpaired) electrons. The zero-order valence-electron chi connectivity index (χ0n) is 25.0. The third-order valence-electron chi connectivity index (χ3n) is 5.86. The Bertz CT molecular complexity index is 1400. The number of benzene rings is 3. The van der Waals surface area contributed by atoms with Crippen molar-refractivity contribution in [3.63, 3.8) is 0 Å². The van der Waals surface area contributed by atoms with Gasteiger partial charge in [-0.05, 0) is 75.6 Å². The van der Waals surface area contributed by atoms with E-state index in [-0.39, 0.29) is 19.6 Å². The van der Waals surface area contributed by atoms with E-state index >= 15 is 0 Å². The minimum absolute atomic E-state index is 0.181. The summed E-state index contributed by atoms with van der Waals surface area (Å²) in [6.07, 6.45) is -1.25. The number of rotatable bonds is 9. The number of hydrogen-bond donors (Lipinski definition) is 4. The van der Waals surface area contributed by atoms with E-state index in [9.17, 15) is 19.2 Å². The third-order valence-corrected chi connectivity index (χ3v) is 5.86. The summed E-state index contributed by atoms with van der Waals surface area (Å²) >= 11 is 0. The molecule has 0 fully saturated rings. The summed E-state index contributed by atoms with van der Waals surface area (Å²) in [4.78, 5) is 50.5. The van der Waals surface area contributed by atoms with Gasteiger partial charge in [-0.1, -0.05) is 54.6 Å². The number of hydrogen-bond acceptors (Lipinski definition) is 6. The van der Waals surface area contributed by atoms with E-state index in [1.165, 1.54) is 0 Å². The Morgan fingerprint density at radius 3 is 1.93 bits per heavy atom. The molecule has 0 bridgehead atoms. The van der Waals surface area contributed by atoms with Gasteiger partial charge in [-0.15, -0.1) is 0 Å². The third kappa shape index (κ3) is 10.4. The fourth-order valence-corrected chi connectivity index (χ4v) is 3.96. The van der Waals surface area contributed by atoms with E-state index in [2.05, 4.69) is 21.3 Å². The van der Waals surface area contributed by atoms with Gasteiger partial charge in [0, 0.05) is 18.7 Å².